The maximum absolute atomic E-state index is 4.88. The molecule has 3 aromatic rings. The summed E-state index contributed by atoms with van der Waals surface area (Å²) in [7, 11) is 0. The van der Waals surface area contributed by atoms with Gasteiger partial charge in [0.1, 0.15) is 0 Å². The number of rotatable bonds is 1. The van der Waals surface area contributed by atoms with E-state index in [4.69, 9.17) is 16.7 Å². The summed E-state index contributed by atoms with van der Waals surface area (Å²) in [6, 6.07) is 9.71. The van der Waals surface area contributed by atoms with Crippen LogP contribution in [0.3, 0.4) is 0 Å². The molecule has 0 saturated heterocycles. The van der Waals surface area contributed by atoms with Crippen LogP contribution in [0.15, 0.2) is 34.9 Å². The van der Waals surface area contributed by atoms with Crippen molar-refractivity contribution in [3.8, 4) is 5.69 Å². The number of hydrogen-bond donors (Lipinski definition) is 0. The third-order valence-corrected chi connectivity index (χ3v) is 2.58. The third kappa shape index (κ3) is 1.62. The van der Waals surface area contributed by atoms with E-state index in [9.17, 15) is 0 Å². The van der Waals surface area contributed by atoms with E-state index in [2.05, 4.69) is 15.2 Å². The Morgan fingerprint density at radius 1 is 1.24 bits per heavy atom. The molecular weight excluding hydrogens is 236 g/mol. The number of benzene rings is 1. The summed E-state index contributed by atoms with van der Waals surface area (Å²) in [6.45, 7) is 1.86. The van der Waals surface area contributed by atoms with E-state index in [0.717, 1.165) is 11.4 Å². The molecule has 0 amide bonds. The van der Waals surface area contributed by atoms with E-state index >= 15 is 0 Å². The van der Waals surface area contributed by atoms with E-state index in [1.807, 2.05) is 37.3 Å². The lowest BCUT2D eigenvalue weighted by Gasteiger charge is -2.00. The summed E-state index contributed by atoms with van der Waals surface area (Å²) in [5, 5.41) is 8.29. The molecule has 17 heavy (non-hydrogen) atoms. The van der Waals surface area contributed by atoms with Gasteiger partial charge in [-0.05, 0) is 31.3 Å². The van der Waals surface area contributed by atoms with E-state index in [1.165, 1.54) is 0 Å². The van der Waals surface area contributed by atoms with Crippen LogP contribution in [-0.4, -0.2) is 19.9 Å². The van der Waals surface area contributed by atoms with Gasteiger partial charge in [0.2, 0.25) is 0 Å². The van der Waals surface area contributed by atoms with Crippen LogP contribution in [0.2, 0.25) is 0 Å². The van der Waals surface area contributed by atoms with Crippen LogP contribution in [0.5, 0.6) is 0 Å². The van der Waals surface area contributed by atoms with Crippen LogP contribution in [-0.2, 0) is 0 Å². The lowest BCUT2D eigenvalue weighted by molar-refractivity contribution is 0.383. The summed E-state index contributed by atoms with van der Waals surface area (Å²) < 4.78 is 6.58. The molecular formula is C11H8N4OS. The van der Waals surface area contributed by atoms with Crippen LogP contribution in [0.4, 0.5) is 0 Å². The monoisotopic (exact) mass is 244 g/mol. The number of hydrogen-bond acceptors (Lipinski definition) is 5. The molecule has 1 aromatic carbocycles. The highest BCUT2D eigenvalue weighted by Crippen LogP contribution is 2.17. The van der Waals surface area contributed by atoms with Crippen LogP contribution < -0.4 is 0 Å². The standard InChI is InChI=1S/C11H8N4OS/c1-7-9-10(12-11(17)16-14-9)15(13-7)8-5-3-2-4-6-8/h2-6H,1H3. The van der Waals surface area contributed by atoms with Gasteiger partial charge >= 0.3 is 4.84 Å². The second-order valence-electron chi connectivity index (χ2n) is 3.57. The molecule has 2 heterocycles. The molecule has 6 heteroatoms. The van der Waals surface area contributed by atoms with Crippen molar-refractivity contribution >= 4 is 23.4 Å². The van der Waals surface area contributed by atoms with Crippen molar-refractivity contribution in [2.75, 3.05) is 0 Å². The van der Waals surface area contributed by atoms with Gasteiger partial charge in [-0.25, -0.2) is 4.68 Å². The van der Waals surface area contributed by atoms with E-state index < -0.39 is 0 Å². The molecule has 0 spiro atoms. The Labute approximate surface area is 102 Å². The zero-order valence-corrected chi connectivity index (χ0v) is 9.81. The quantitative estimate of drug-likeness (QED) is 0.615. The Balaban J connectivity index is 2.38. The van der Waals surface area contributed by atoms with Crippen LogP contribution in [0.25, 0.3) is 16.9 Å². The molecule has 0 fully saturated rings. The molecule has 3 rings (SSSR count). The first-order chi connectivity index (χ1) is 8.25. The highest BCUT2D eigenvalue weighted by molar-refractivity contribution is 7.71. The van der Waals surface area contributed by atoms with Gasteiger partial charge in [0.05, 0.1) is 11.4 Å². The fourth-order valence-electron chi connectivity index (χ4n) is 1.65. The van der Waals surface area contributed by atoms with E-state index in [0.29, 0.717) is 11.2 Å². The fourth-order valence-corrected chi connectivity index (χ4v) is 1.78. The zero-order chi connectivity index (χ0) is 11.8. The molecule has 0 saturated carbocycles. The molecule has 0 unspecified atom stereocenters. The molecule has 84 valence electrons. The fraction of sp³-hybridized carbons (Fsp3) is 0.0909. The van der Waals surface area contributed by atoms with Gasteiger partial charge in [-0.3, -0.25) is 0 Å². The maximum Gasteiger partial charge on any atom is 0.317 e. The molecule has 0 atom stereocenters. The minimum absolute atomic E-state index is 0.106. The van der Waals surface area contributed by atoms with E-state index in [1.54, 1.807) is 4.68 Å². The first-order valence-electron chi connectivity index (χ1n) is 5.04. The molecule has 0 aliphatic carbocycles. The molecule has 5 nitrogen and oxygen atoms in total. The third-order valence-electron chi connectivity index (χ3n) is 2.42. The molecule has 0 aliphatic heterocycles. The zero-order valence-electron chi connectivity index (χ0n) is 8.99. The maximum atomic E-state index is 4.88. The predicted molar refractivity (Wildman–Crippen MR) is 64.5 cm³/mol. The average Bonchev–Trinajstić information content (AvgIpc) is 2.67. The molecule has 2 aromatic heterocycles. The SMILES string of the molecule is Cc1nn(-c2ccccc2)c2nc(=S)onc12. The van der Waals surface area contributed by atoms with Gasteiger partial charge in [-0.1, -0.05) is 23.4 Å². The number of aromatic nitrogens is 4. The van der Waals surface area contributed by atoms with E-state index in [-0.39, 0.29) is 4.84 Å². The summed E-state index contributed by atoms with van der Waals surface area (Å²) in [6.07, 6.45) is 0. The lowest BCUT2D eigenvalue weighted by Crippen LogP contribution is -1.97. The average molecular weight is 244 g/mol. The molecule has 0 radical (unpaired) electrons. The predicted octanol–water partition coefficient (Wildman–Crippen LogP) is 2.45. The highest BCUT2D eigenvalue weighted by Gasteiger charge is 2.12. The Hall–Kier alpha value is -2.08. The van der Waals surface area contributed by atoms with Gasteiger partial charge in [-0.2, -0.15) is 10.1 Å². The summed E-state index contributed by atoms with van der Waals surface area (Å²) in [5.41, 5.74) is 2.92. The van der Waals surface area contributed by atoms with Gasteiger partial charge in [-0.15, -0.1) is 0 Å². The summed E-state index contributed by atoms with van der Waals surface area (Å²) >= 11 is 4.88. The number of para-hydroxylation sites is 1. The Morgan fingerprint density at radius 3 is 2.76 bits per heavy atom. The van der Waals surface area contributed by atoms with Crippen molar-refractivity contribution in [3.63, 3.8) is 0 Å². The van der Waals surface area contributed by atoms with Crippen molar-refractivity contribution < 1.29 is 4.52 Å². The van der Waals surface area contributed by atoms with Gasteiger partial charge in [0.25, 0.3) is 0 Å². The molecule has 0 aliphatic rings. The second kappa shape index (κ2) is 3.74. The lowest BCUT2D eigenvalue weighted by atomic mass is 10.3. The van der Waals surface area contributed by atoms with Crippen LogP contribution >= 0.6 is 12.2 Å². The van der Waals surface area contributed by atoms with Crippen LogP contribution in [0, 0.1) is 11.8 Å². The smallest absolute Gasteiger partial charge is 0.317 e. The van der Waals surface area contributed by atoms with Gasteiger partial charge < -0.3 is 4.52 Å². The first-order valence-corrected chi connectivity index (χ1v) is 5.45. The summed E-state index contributed by atoms with van der Waals surface area (Å²) in [5.74, 6) is 0. The van der Waals surface area contributed by atoms with Gasteiger partial charge in [0.15, 0.2) is 11.2 Å². The van der Waals surface area contributed by atoms with Crippen molar-refractivity contribution in [1.82, 2.24) is 19.9 Å². The van der Waals surface area contributed by atoms with Crippen molar-refractivity contribution in [3.05, 3.63) is 40.9 Å². The van der Waals surface area contributed by atoms with Crippen LogP contribution in [0.1, 0.15) is 5.69 Å². The minimum Gasteiger partial charge on any atom is -0.323 e. The largest absolute Gasteiger partial charge is 0.323 e. The molecule has 0 N–H and O–H groups in total. The Bertz CT molecular complexity index is 732. The van der Waals surface area contributed by atoms with Crippen molar-refractivity contribution in [2.45, 2.75) is 6.92 Å². The number of nitrogens with zero attached hydrogens (tertiary/aromatic N) is 4. The Morgan fingerprint density at radius 2 is 2.00 bits per heavy atom. The topological polar surface area (TPSA) is 56.7 Å². The normalized spacial score (nSPS) is 10.9. The van der Waals surface area contributed by atoms with Crippen molar-refractivity contribution in [2.24, 2.45) is 0 Å². The van der Waals surface area contributed by atoms with Gasteiger partial charge in [0, 0.05) is 0 Å². The number of fused-ring (bicyclic) bond motifs is 1. The minimum atomic E-state index is 0.106. The molecule has 0 bridgehead atoms. The second-order valence-corrected chi connectivity index (χ2v) is 3.91. The Kier molecular flexibility index (Phi) is 2.22. The number of aryl methyl sites for hydroxylation is 1. The first kappa shape index (κ1) is 10.1. The highest BCUT2D eigenvalue weighted by atomic mass is 32.1. The van der Waals surface area contributed by atoms with Crippen molar-refractivity contribution in [1.29, 1.82) is 0 Å². The summed E-state index contributed by atoms with van der Waals surface area (Å²) in [4.78, 5) is 4.27.